The van der Waals surface area contributed by atoms with Crippen LogP contribution in [0, 0.1) is 0 Å². The molecule has 6 heteroatoms. The number of hydrogen-bond acceptors (Lipinski definition) is 3. The Labute approximate surface area is 158 Å². The van der Waals surface area contributed by atoms with Gasteiger partial charge >= 0.3 is 0 Å². The Bertz CT molecular complexity index is 798. The van der Waals surface area contributed by atoms with Gasteiger partial charge in [0.25, 0.3) is 0 Å². The molecule has 0 radical (unpaired) electrons. The van der Waals surface area contributed by atoms with Gasteiger partial charge < -0.3 is 14.8 Å². The third kappa shape index (κ3) is 3.30. The molecule has 1 saturated heterocycles. The largest absolute Gasteiger partial charge is 0.350 e. The molecular weight excluding hydrogens is 346 g/mol. The molecule has 2 unspecified atom stereocenters. The molecular formula is C20H25N3O2S. The standard InChI is InChI=1S/C20H25N3O2S/c1-15-17-5-2-10-22(17)11-12-23(15)19(25)7-9-20(8-6-18(24)21-20)14-16-4-3-13-26-16/h2-5,10,13,15H,6-9,11-12,14H2,1H3,(H,21,24). The van der Waals surface area contributed by atoms with Gasteiger partial charge in [-0.1, -0.05) is 6.07 Å². The van der Waals surface area contributed by atoms with Gasteiger partial charge in [0.05, 0.1) is 6.04 Å². The van der Waals surface area contributed by atoms with E-state index in [4.69, 9.17) is 0 Å². The molecule has 1 fully saturated rings. The van der Waals surface area contributed by atoms with Crippen molar-refractivity contribution in [3.8, 4) is 0 Å². The first-order valence-electron chi connectivity index (χ1n) is 9.34. The third-order valence-electron chi connectivity index (χ3n) is 5.81. The zero-order chi connectivity index (χ0) is 18.1. The minimum atomic E-state index is -0.267. The zero-order valence-electron chi connectivity index (χ0n) is 15.1. The number of fused-ring (bicyclic) bond motifs is 1. The summed E-state index contributed by atoms with van der Waals surface area (Å²) in [5.41, 5.74) is 0.934. The second kappa shape index (κ2) is 6.91. The van der Waals surface area contributed by atoms with E-state index >= 15 is 0 Å². The lowest BCUT2D eigenvalue weighted by atomic mass is 9.87. The van der Waals surface area contributed by atoms with E-state index in [0.29, 0.717) is 19.3 Å². The number of amides is 2. The highest BCUT2D eigenvalue weighted by Crippen LogP contribution is 2.32. The van der Waals surface area contributed by atoms with E-state index in [-0.39, 0.29) is 23.4 Å². The van der Waals surface area contributed by atoms with Crippen molar-refractivity contribution in [1.82, 2.24) is 14.8 Å². The van der Waals surface area contributed by atoms with Crippen LogP contribution in [0.15, 0.2) is 35.8 Å². The van der Waals surface area contributed by atoms with Crippen LogP contribution in [0.4, 0.5) is 0 Å². The third-order valence-corrected chi connectivity index (χ3v) is 6.68. The van der Waals surface area contributed by atoms with E-state index in [1.54, 1.807) is 11.3 Å². The van der Waals surface area contributed by atoms with E-state index in [1.807, 2.05) is 17.0 Å². The SMILES string of the molecule is CC1c2cccn2CCN1C(=O)CCC1(Cc2cccs2)CCC(=O)N1. The molecule has 2 atom stereocenters. The van der Waals surface area contributed by atoms with Crippen LogP contribution in [-0.4, -0.2) is 33.4 Å². The summed E-state index contributed by atoms with van der Waals surface area (Å²) in [7, 11) is 0. The molecule has 0 aromatic carbocycles. The summed E-state index contributed by atoms with van der Waals surface area (Å²) in [6.45, 7) is 3.71. The number of nitrogens with one attached hydrogen (secondary N) is 1. The maximum atomic E-state index is 12.9. The van der Waals surface area contributed by atoms with Crippen molar-refractivity contribution in [2.75, 3.05) is 6.54 Å². The molecule has 4 rings (SSSR count). The van der Waals surface area contributed by atoms with E-state index in [0.717, 1.165) is 25.9 Å². The molecule has 2 aliphatic heterocycles. The van der Waals surface area contributed by atoms with E-state index < -0.39 is 0 Å². The topological polar surface area (TPSA) is 54.3 Å². The molecule has 26 heavy (non-hydrogen) atoms. The molecule has 0 spiro atoms. The predicted molar refractivity (Wildman–Crippen MR) is 102 cm³/mol. The van der Waals surface area contributed by atoms with Gasteiger partial charge in [0.15, 0.2) is 0 Å². The predicted octanol–water partition coefficient (Wildman–Crippen LogP) is 3.12. The van der Waals surface area contributed by atoms with Gasteiger partial charge in [-0.15, -0.1) is 11.3 Å². The van der Waals surface area contributed by atoms with Crippen LogP contribution < -0.4 is 5.32 Å². The fourth-order valence-corrected chi connectivity index (χ4v) is 5.19. The molecule has 138 valence electrons. The van der Waals surface area contributed by atoms with Crippen molar-refractivity contribution >= 4 is 23.2 Å². The minimum Gasteiger partial charge on any atom is -0.350 e. The van der Waals surface area contributed by atoms with Crippen molar-refractivity contribution in [2.45, 2.75) is 57.2 Å². The maximum absolute atomic E-state index is 12.9. The molecule has 0 aliphatic carbocycles. The van der Waals surface area contributed by atoms with Gasteiger partial charge in [0, 0.05) is 54.7 Å². The summed E-state index contributed by atoms with van der Waals surface area (Å²) < 4.78 is 2.23. The molecule has 0 saturated carbocycles. The summed E-state index contributed by atoms with van der Waals surface area (Å²) in [5, 5.41) is 5.24. The summed E-state index contributed by atoms with van der Waals surface area (Å²) in [5.74, 6) is 0.301. The van der Waals surface area contributed by atoms with Crippen LogP contribution in [0.3, 0.4) is 0 Å². The van der Waals surface area contributed by atoms with Gasteiger partial charge in [-0.05, 0) is 43.3 Å². The number of hydrogen-bond donors (Lipinski definition) is 1. The Hall–Kier alpha value is -2.08. The summed E-state index contributed by atoms with van der Waals surface area (Å²) in [4.78, 5) is 28.1. The lowest BCUT2D eigenvalue weighted by molar-refractivity contribution is -0.135. The molecule has 2 aromatic heterocycles. The van der Waals surface area contributed by atoms with E-state index in [1.165, 1.54) is 10.6 Å². The molecule has 2 aliphatic rings. The Balaban J connectivity index is 1.43. The highest BCUT2D eigenvalue weighted by atomic mass is 32.1. The molecule has 4 heterocycles. The number of carbonyl (C=O) groups excluding carboxylic acids is 2. The Morgan fingerprint density at radius 2 is 2.23 bits per heavy atom. The first-order chi connectivity index (χ1) is 12.6. The van der Waals surface area contributed by atoms with Crippen LogP contribution >= 0.6 is 11.3 Å². The van der Waals surface area contributed by atoms with Crippen molar-refractivity contribution in [2.24, 2.45) is 0 Å². The number of rotatable bonds is 5. The summed E-state index contributed by atoms with van der Waals surface area (Å²) in [6, 6.07) is 8.40. The quantitative estimate of drug-likeness (QED) is 0.878. The van der Waals surface area contributed by atoms with Gasteiger partial charge in [-0.2, -0.15) is 0 Å². The van der Waals surface area contributed by atoms with Crippen LogP contribution in [0.2, 0.25) is 0 Å². The summed E-state index contributed by atoms with van der Waals surface area (Å²) >= 11 is 1.72. The number of carbonyl (C=O) groups is 2. The van der Waals surface area contributed by atoms with Crippen LogP contribution in [0.1, 0.15) is 49.2 Å². The average Bonchev–Trinajstić information content (AvgIpc) is 3.35. The normalized spacial score (nSPS) is 25.2. The zero-order valence-corrected chi connectivity index (χ0v) is 15.9. The van der Waals surface area contributed by atoms with Gasteiger partial charge in [-0.25, -0.2) is 0 Å². The fraction of sp³-hybridized carbons (Fsp3) is 0.500. The fourth-order valence-electron chi connectivity index (χ4n) is 4.34. The lowest BCUT2D eigenvalue weighted by Crippen LogP contribution is -2.46. The summed E-state index contributed by atoms with van der Waals surface area (Å²) in [6.07, 6.45) is 5.47. The monoisotopic (exact) mass is 371 g/mol. The van der Waals surface area contributed by atoms with E-state index in [9.17, 15) is 9.59 Å². The molecule has 2 amide bonds. The first-order valence-corrected chi connectivity index (χ1v) is 10.2. The first kappa shape index (κ1) is 17.3. The minimum absolute atomic E-state index is 0.109. The number of aromatic nitrogens is 1. The molecule has 2 aromatic rings. The highest BCUT2D eigenvalue weighted by Gasteiger charge is 2.39. The Morgan fingerprint density at radius 3 is 2.96 bits per heavy atom. The Kier molecular flexibility index (Phi) is 4.61. The second-order valence-corrected chi connectivity index (χ2v) is 8.51. The average molecular weight is 372 g/mol. The van der Waals surface area contributed by atoms with Crippen LogP contribution in [0.5, 0.6) is 0 Å². The number of nitrogens with zero attached hydrogens (tertiary/aromatic N) is 2. The second-order valence-electron chi connectivity index (χ2n) is 7.47. The van der Waals surface area contributed by atoms with Gasteiger partial charge in [-0.3, -0.25) is 9.59 Å². The van der Waals surface area contributed by atoms with Gasteiger partial charge in [0.2, 0.25) is 11.8 Å². The van der Waals surface area contributed by atoms with Crippen molar-refractivity contribution in [1.29, 1.82) is 0 Å². The molecule has 5 nitrogen and oxygen atoms in total. The van der Waals surface area contributed by atoms with Gasteiger partial charge in [0.1, 0.15) is 0 Å². The lowest BCUT2D eigenvalue weighted by Gasteiger charge is -2.36. The van der Waals surface area contributed by atoms with E-state index in [2.05, 4.69) is 40.5 Å². The number of thiophene rings is 1. The van der Waals surface area contributed by atoms with Crippen molar-refractivity contribution < 1.29 is 9.59 Å². The Morgan fingerprint density at radius 1 is 1.35 bits per heavy atom. The van der Waals surface area contributed by atoms with Crippen molar-refractivity contribution in [3.63, 3.8) is 0 Å². The highest BCUT2D eigenvalue weighted by molar-refractivity contribution is 7.09. The maximum Gasteiger partial charge on any atom is 0.223 e. The molecule has 1 N–H and O–H groups in total. The van der Waals surface area contributed by atoms with Crippen LogP contribution in [-0.2, 0) is 22.6 Å². The molecule has 0 bridgehead atoms. The smallest absolute Gasteiger partial charge is 0.223 e. The van der Waals surface area contributed by atoms with Crippen LogP contribution in [0.25, 0.3) is 0 Å². The van der Waals surface area contributed by atoms with Crippen molar-refractivity contribution in [3.05, 3.63) is 46.4 Å².